The summed E-state index contributed by atoms with van der Waals surface area (Å²) in [5.41, 5.74) is 7.75. The van der Waals surface area contributed by atoms with Crippen LogP contribution < -0.4 is 5.73 Å². The fraction of sp³-hybridized carbons (Fsp3) is 0.600. The molecular formula is C15H21FN2O. The van der Waals surface area contributed by atoms with Gasteiger partial charge in [0.25, 0.3) is 0 Å². The number of halogens is 1. The van der Waals surface area contributed by atoms with Crippen molar-refractivity contribution < 1.29 is 9.50 Å². The SMILES string of the molecule is NCc1ccc(F)cc1CN1C2CCC1CC(O)C2. The van der Waals surface area contributed by atoms with Gasteiger partial charge in [-0.1, -0.05) is 6.07 Å². The van der Waals surface area contributed by atoms with E-state index in [0.717, 1.165) is 43.4 Å². The summed E-state index contributed by atoms with van der Waals surface area (Å²) < 4.78 is 13.4. The molecule has 1 aromatic carbocycles. The molecule has 3 N–H and O–H groups in total. The molecule has 2 atom stereocenters. The first-order valence-corrected chi connectivity index (χ1v) is 7.08. The molecular weight excluding hydrogens is 243 g/mol. The van der Waals surface area contributed by atoms with Gasteiger partial charge in [-0.05, 0) is 48.9 Å². The van der Waals surface area contributed by atoms with Gasteiger partial charge < -0.3 is 10.8 Å². The van der Waals surface area contributed by atoms with Crippen molar-refractivity contribution in [2.45, 2.75) is 57.0 Å². The maximum Gasteiger partial charge on any atom is 0.123 e. The minimum atomic E-state index is -0.198. The molecule has 0 spiro atoms. The fourth-order valence-electron chi connectivity index (χ4n) is 3.64. The Bertz CT molecular complexity index is 451. The van der Waals surface area contributed by atoms with Crippen molar-refractivity contribution in [1.29, 1.82) is 0 Å². The number of nitrogens with two attached hydrogens (primary N) is 1. The van der Waals surface area contributed by atoms with E-state index in [0.29, 0.717) is 18.6 Å². The summed E-state index contributed by atoms with van der Waals surface area (Å²) >= 11 is 0. The normalized spacial score (nSPS) is 30.8. The number of aliphatic hydroxyl groups excluding tert-OH is 1. The molecule has 2 fully saturated rings. The number of hydrogen-bond acceptors (Lipinski definition) is 3. The summed E-state index contributed by atoms with van der Waals surface area (Å²) in [5.74, 6) is -0.198. The highest BCUT2D eigenvalue weighted by molar-refractivity contribution is 5.28. The van der Waals surface area contributed by atoms with Crippen LogP contribution in [0.1, 0.15) is 36.8 Å². The molecule has 1 aromatic rings. The Kier molecular flexibility index (Phi) is 3.56. The fourth-order valence-corrected chi connectivity index (χ4v) is 3.64. The van der Waals surface area contributed by atoms with E-state index in [1.54, 1.807) is 12.1 Å². The highest BCUT2D eigenvalue weighted by Crippen LogP contribution is 2.37. The first kappa shape index (κ1) is 13.0. The highest BCUT2D eigenvalue weighted by Gasteiger charge is 2.40. The maximum atomic E-state index is 13.4. The van der Waals surface area contributed by atoms with Crippen molar-refractivity contribution in [2.75, 3.05) is 0 Å². The Morgan fingerprint density at radius 3 is 2.53 bits per heavy atom. The number of piperidine rings is 1. The lowest BCUT2D eigenvalue weighted by molar-refractivity contribution is 0.0308. The van der Waals surface area contributed by atoms with Crippen LogP contribution in [0.2, 0.25) is 0 Å². The number of rotatable bonds is 3. The second-order valence-corrected chi connectivity index (χ2v) is 5.80. The number of fused-ring (bicyclic) bond motifs is 2. The Labute approximate surface area is 113 Å². The molecule has 2 heterocycles. The molecule has 3 nitrogen and oxygen atoms in total. The first-order chi connectivity index (χ1) is 9.17. The zero-order valence-corrected chi connectivity index (χ0v) is 11.1. The molecule has 3 rings (SSSR count). The predicted octanol–water partition coefficient (Wildman–Crippen LogP) is 1.77. The lowest BCUT2D eigenvalue weighted by Crippen LogP contribution is -2.44. The number of aliphatic hydroxyl groups is 1. The van der Waals surface area contributed by atoms with E-state index < -0.39 is 0 Å². The molecule has 4 heteroatoms. The van der Waals surface area contributed by atoms with Gasteiger partial charge in [-0.25, -0.2) is 4.39 Å². The third-order valence-corrected chi connectivity index (χ3v) is 4.60. The van der Waals surface area contributed by atoms with Crippen LogP contribution in [0.25, 0.3) is 0 Å². The summed E-state index contributed by atoms with van der Waals surface area (Å²) in [7, 11) is 0. The van der Waals surface area contributed by atoms with Crippen molar-refractivity contribution in [3.63, 3.8) is 0 Å². The molecule has 2 saturated heterocycles. The van der Waals surface area contributed by atoms with Gasteiger partial charge in [0, 0.05) is 25.2 Å². The van der Waals surface area contributed by atoms with Crippen molar-refractivity contribution in [3.05, 3.63) is 35.1 Å². The molecule has 2 aliphatic heterocycles. The van der Waals surface area contributed by atoms with Crippen LogP contribution in [0.5, 0.6) is 0 Å². The van der Waals surface area contributed by atoms with Gasteiger partial charge in [0.15, 0.2) is 0 Å². The molecule has 0 amide bonds. The number of hydrogen-bond donors (Lipinski definition) is 2. The van der Waals surface area contributed by atoms with Gasteiger partial charge >= 0.3 is 0 Å². The van der Waals surface area contributed by atoms with Gasteiger partial charge in [0.05, 0.1) is 6.10 Å². The third kappa shape index (κ3) is 2.53. The van der Waals surface area contributed by atoms with Crippen LogP contribution in [0, 0.1) is 5.82 Å². The van der Waals surface area contributed by atoms with Crippen LogP contribution in [0.4, 0.5) is 4.39 Å². The lowest BCUT2D eigenvalue weighted by Gasteiger charge is -2.37. The second kappa shape index (κ2) is 5.19. The van der Waals surface area contributed by atoms with Gasteiger partial charge in [-0.15, -0.1) is 0 Å². The van der Waals surface area contributed by atoms with Gasteiger partial charge in [-0.3, -0.25) is 4.90 Å². The largest absolute Gasteiger partial charge is 0.393 e. The van der Waals surface area contributed by atoms with E-state index in [4.69, 9.17) is 5.73 Å². The summed E-state index contributed by atoms with van der Waals surface area (Å²) in [6.07, 6.45) is 3.84. The minimum absolute atomic E-state index is 0.157. The predicted molar refractivity (Wildman–Crippen MR) is 71.9 cm³/mol. The standard InChI is InChI=1S/C15H21FN2O/c16-12-2-1-10(8-17)11(5-12)9-18-13-3-4-14(18)7-15(19)6-13/h1-2,5,13-15,19H,3-4,6-9,17H2. The van der Waals surface area contributed by atoms with Gasteiger partial charge in [-0.2, -0.15) is 0 Å². The molecule has 0 radical (unpaired) electrons. The average molecular weight is 264 g/mol. The minimum Gasteiger partial charge on any atom is -0.393 e. The van der Waals surface area contributed by atoms with Gasteiger partial charge in [0.2, 0.25) is 0 Å². The van der Waals surface area contributed by atoms with Crippen LogP contribution in [-0.2, 0) is 13.1 Å². The van der Waals surface area contributed by atoms with Crippen LogP contribution in [0.15, 0.2) is 18.2 Å². The molecule has 2 aliphatic rings. The Balaban J connectivity index is 1.80. The zero-order valence-electron chi connectivity index (χ0n) is 11.1. The van der Waals surface area contributed by atoms with E-state index in [1.807, 2.05) is 0 Å². The highest BCUT2D eigenvalue weighted by atomic mass is 19.1. The van der Waals surface area contributed by atoms with E-state index >= 15 is 0 Å². The van der Waals surface area contributed by atoms with E-state index in [-0.39, 0.29) is 11.9 Å². The van der Waals surface area contributed by atoms with Crippen molar-refractivity contribution in [2.24, 2.45) is 5.73 Å². The van der Waals surface area contributed by atoms with Crippen LogP contribution >= 0.6 is 0 Å². The van der Waals surface area contributed by atoms with Gasteiger partial charge in [0.1, 0.15) is 5.82 Å². The summed E-state index contributed by atoms with van der Waals surface area (Å²) in [6, 6.07) is 5.75. The summed E-state index contributed by atoms with van der Waals surface area (Å²) in [5, 5.41) is 9.81. The number of benzene rings is 1. The molecule has 104 valence electrons. The van der Waals surface area contributed by atoms with E-state index in [2.05, 4.69) is 4.90 Å². The summed E-state index contributed by atoms with van der Waals surface area (Å²) in [4.78, 5) is 2.43. The number of nitrogens with zero attached hydrogens (tertiary/aromatic N) is 1. The van der Waals surface area contributed by atoms with E-state index in [9.17, 15) is 9.50 Å². The third-order valence-electron chi connectivity index (χ3n) is 4.60. The molecule has 0 aliphatic carbocycles. The topological polar surface area (TPSA) is 49.5 Å². The molecule has 2 unspecified atom stereocenters. The second-order valence-electron chi connectivity index (χ2n) is 5.80. The maximum absolute atomic E-state index is 13.4. The van der Waals surface area contributed by atoms with Crippen molar-refractivity contribution >= 4 is 0 Å². The van der Waals surface area contributed by atoms with Crippen molar-refractivity contribution in [1.82, 2.24) is 4.90 Å². The van der Waals surface area contributed by atoms with E-state index in [1.165, 1.54) is 6.07 Å². The van der Waals surface area contributed by atoms with Crippen LogP contribution in [-0.4, -0.2) is 28.2 Å². The van der Waals surface area contributed by atoms with Crippen LogP contribution in [0.3, 0.4) is 0 Å². The summed E-state index contributed by atoms with van der Waals surface area (Å²) in [6.45, 7) is 1.20. The molecule has 19 heavy (non-hydrogen) atoms. The Morgan fingerprint density at radius 2 is 1.89 bits per heavy atom. The Hall–Kier alpha value is -0.970. The average Bonchev–Trinajstić information content (AvgIpc) is 2.62. The molecule has 0 saturated carbocycles. The van der Waals surface area contributed by atoms with Crippen molar-refractivity contribution in [3.8, 4) is 0 Å². The monoisotopic (exact) mass is 264 g/mol. The zero-order chi connectivity index (χ0) is 13.4. The first-order valence-electron chi connectivity index (χ1n) is 7.08. The smallest absolute Gasteiger partial charge is 0.123 e. The molecule has 2 bridgehead atoms. The lowest BCUT2D eigenvalue weighted by atomic mass is 9.98. The molecule has 0 aromatic heterocycles. The quantitative estimate of drug-likeness (QED) is 0.875. The Morgan fingerprint density at radius 1 is 1.21 bits per heavy atom.